The predicted molar refractivity (Wildman–Crippen MR) is 362 cm³/mol. The van der Waals surface area contributed by atoms with Crippen LogP contribution in [0.25, 0.3) is 0 Å². The molecule has 3 aromatic heterocycles. The molecule has 0 radical (unpaired) electrons. The van der Waals surface area contributed by atoms with Crippen molar-refractivity contribution in [1.29, 1.82) is 0 Å². The Labute approximate surface area is 573 Å². The molecular weight excluding hydrogens is 1320 g/mol. The Morgan fingerprint density at radius 3 is 1.95 bits per heavy atom. The summed E-state index contributed by atoms with van der Waals surface area (Å²) in [5.74, 6) is -8.95. The largest absolute Gasteiger partial charge is 0.481 e. The van der Waals surface area contributed by atoms with Gasteiger partial charge in [-0.05, 0) is 87.0 Å². The molecule has 530 valence electrons. The first-order chi connectivity index (χ1) is 46.0. The molecule has 11 amide bonds. The number of carbonyl (C=O) groups is 12. The second kappa shape index (κ2) is 38.6. The molecule has 1 aliphatic rings. The number of aliphatic carboxylic acids is 1. The number of aromatic amines is 1. The van der Waals surface area contributed by atoms with Crippen molar-refractivity contribution in [3.63, 3.8) is 0 Å². The molecule has 0 saturated carbocycles. The number of carboxylic acids is 1. The molecule has 4 heterocycles. The Morgan fingerprint density at radius 1 is 0.732 bits per heavy atom. The maximum Gasteiger partial charge on any atom is 0.305 e. The van der Waals surface area contributed by atoms with Crippen LogP contribution in [0.3, 0.4) is 0 Å². The molecule has 19 N–H and O–H groups in total. The first kappa shape index (κ1) is 78.6. The number of likely N-dealkylation sites (tertiary alicyclic amines) is 1. The number of benzene rings is 1. The van der Waals surface area contributed by atoms with E-state index in [1.165, 1.54) is 45.2 Å². The summed E-state index contributed by atoms with van der Waals surface area (Å²) in [6.07, 6.45) is 3.59. The van der Waals surface area contributed by atoms with Gasteiger partial charge in [-0.15, -0.1) is 22.7 Å². The number of thiazole rings is 2. The van der Waals surface area contributed by atoms with Gasteiger partial charge in [-0.1, -0.05) is 41.5 Å². The van der Waals surface area contributed by atoms with E-state index >= 15 is 0 Å². The fourth-order valence-electron chi connectivity index (χ4n) is 10.2. The maximum absolute atomic E-state index is 14.7. The zero-order valence-corrected chi connectivity index (χ0v) is 57.4. The van der Waals surface area contributed by atoms with Gasteiger partial charge >= 0.3 is 5.97 Å². The third kappa shape index (κ3) is 25.1. The van der Waals surface area contributed by atoms with E-state index in [4.69, 9.17) is 28.0 Å². The number of thiol groups is 1. The van der Waals surface area contributed by atoms with Crippen LogP contribution in [0, 0.1) is 17.8 Å². The summed E-state index contributed by atoms with van der Waals surface area (Å²) in [6, 6.07) is -3.04. The number of anilines is 1. The number of aliphatic imine (C=N–C) groups is 1. The highest BCUT2D eigenvalue weighted by Gasteiger charge is 2.40. The average molecular weight is 1410 g/mol. The normalized spacial score (nSPS) is 15.0. The van der Waals surface area contributed by atoms with E-state index in [1.54, 1.807) is 26.0 Å². The highest BCUT2D eigenvalue weighted by atomic mass is 32.1. The van der Waals surface area contributed by atoms with E-state index in [1.807, 2.05) is 27.7 Å². The van der Waals surface area contributed by atoms with Crippen molar-refractivity contribution in [3.8, 4) is 0 Å². The number of hydrogen-bond acceptors (Lipinski definition) is 21. The SMILES string of the molecule is CC(C)C[C@H](NC(=O)c1ccc(N(CCS)C(=O)CNC(=O)c2csc([C@H](CO)NC(=O)c3csc([C@H](CC(C)C)NC(=O)[C@H](CCCN=C(N)N)NC(=O)[C@@H]4CCCN4C(=O)[C@H](Cc4cnc[nH]4)NC(=O)[C@H](CC(C)C)NC(=O)CNC(=O)[C@@H](N)CC(=O)O)n3)n2)cc1)C(N)=O. The molecule has 1 fully saturated rings. The molecule has 36 heteroatoms. The third-order valence-corrected chi connectivity index (χ3v) is 17.1. The number of carbonyl (C=O) groups excluding carboxylic acids is 11. The molecule has 0 unspecified atom stereocenters. The first-order valence-electron chi connectivity index (χ1n) is 31.5. The summed E-state index contributed by atoms with van der Waals surface area (Å²) in [6.45, 7) is 9.78. The third-order valence-electron chi connectivity index (χ3n) is 15.0. The topological polar surface area (TPSA) is 519 Å². The Kier molecular flexibility index (Phi) is 31.2. The van der Waals surface area contributed by atoms with E-state index in [0.29, 0.717) is 35.7 Å². The van der Waals surface area contributed by atoms with E-state index < -0.39 is 145 Å². The molecule has 1 saturated heterocycles. The maximum atomic E-state index is 14.7. The number of carboxylic acid groups (broad SMARTS) is 1. The van der Waals surface area contributed by atoms with Crippen molar-refractivity contribution in [2.24, 2.45) is 45.7 Å². The average Bonchev–Trinajstić information content (AvgIpc) is 1.79. The molecular formula is C61H89N19O14S3. The molecule has 5 rings (SSSR count). The van der Waals surface area contributed by atoms with Crippen molar-refractivity contribution in [2.75, 3.05) is 50.0 Å². The van der Waals surface area contributed by atoms with Crippen LogP contribution in [0.1, 0.15) is 152 Å². The lowest BCUT2D eigenvalue weighted by Gasteiger charge is -2.31. The number of primary amides is 1. The lowest BCUT2D eigenvalue weighted by atomic mass is 10.0. The van der Waals surface area contributed by atoms with Gasteiger partial charge in [0.05, 0.1) is 44.5 Å². The second-order valence-corrected chi connectivity index (χ2v) is 26.5. The van der Waals surface area contributed by atoms with Crippen molar-refractivity contribution in [2.45, 2.75) is 148 Å². The molecule has 8 atom stereocenters. The number of nitrogens with two attached hydrogens (primary N) is 4. The van der Waals surface area contributed by atoms with Gasteiger partial charge in [-0.25, -0.2) is 15.0 Å². The number of hydrogen-bond donors (Lipinski definition) is 16. The highest BCUT2D eigenvalue weighted by molar-refractivity contribution is 7.80. The van der Waals surface area contributed by atoms with E-state index in [0.717, 1.165) is 22.7 Å². The Bertz CT molecular complexity index is 3400. The van der Waals surface area contributed by atoms with Crippen LogP contribution in [-0.4, -0.2) is 193 Å². The minimum absolute atomic E-state index is 0.0198. The number of nitrogens with one attached hydrogen (secondary N) is 9. The molecule has 0 bridgehead atoms. The molecule has 0 aliphatic carbocycles. The number of rotatable bonds is 39. The highest BCUT2D eigenvalue weighted by Crippen LogP contribution is 2.27. The number of aromatic nitrogens is 4. The first-order valence-corrected chi connectivity index (χ1v) is 33.9. The number of guanidine groups is 1. The Hall–Kier alpha value is -9.13. The summed E-state index contributed by atoms with van der Waals surface area (Å²) in [7, 11) is 0. The van der Waals surface area contributed by atoms with Crippen molar-refractivity contribution in [3.05, 3.63) is 80.2 Å². The van der Waals surface area contributed by atoms with Crippen molar-refractivity contribution in [1.82, 2.24) is 67.4 Å². The van der Waals surface area contributed by atoms with E-state index in [-0.39, 0.29) is 103 Å². The van der Waals surface area contributed by atoms with Crippen LogP contribution in [0.5, 0.6) is 0 Å². The van der Waals surface area contributed by atoms with E-state index in [9.17, 15) is 62.6 Å². The van der Waals surface area contributed by atoms with Gasteiger partial charge in [-0.3, -0.25) is 62.5 Å². The predicted octanol–water partition coefficient (Wildman–Crippen LogP) is -0.982. The molecule has 97 heavy (non-hydrogen) atoms. The lowest BCUT2D eigenvalue weighted by Crippen LogP contribution is -2.59. The van der Waals surface area contributed by atoms with Gasteiger partial charge in [-0.2, -0.15) is 12.6 Å². The summed E-state index contributed by atoms with van der Waals surface area (Å²) in [5, 5.41) is 44.1. The van der Waals surface area contributed by atoms with Gasteiger partial charge in [0.2, 0.25) is 47.3 Å². The van der Waals surface area contributed by atoms with Gasteiger partial charge in [0.1, 0.15) is 57.7 Å². The zero-order valence-electron chi connectivity index (χ0n) is 54.8. The molecule has 1 aromatic carbocycles. The van der Waals surface area contributed by atoms with Gasteiger partial charge in [0.25, 0.3) is 17.7 Å². The number of amides is 11. The van der Waals surface area contributed by atoms with Crippen molar-refractivity contribution < 1.29 is 67.7 Å². The molecule has 33 nitrogen and oxygen atoms in total. The summed E-state index contributed by atoms with van der Waals surface area (Å²) < 4.78 is 0. The summed E-state index contributed by atoms with van der Waals surface area (Å²) in [5.41, 5.74) is 23.2. The van der Waals surface area contributed by atoms with Crippen LogP contribution in [0.15, 0.2) is 52.5 Å². The number of imidazole rings is 1. The summed E-state index contributed by atoms with van der Waals surface area (Å²) in [4.78, 5) is 182. The monoisotopic (exact) mass is 1410 g/mol. The van der Waals surface area contributed by atoms with Gasteiger partial charge in [0.15, 0.2) is 5.96 Å². The zero-order chi connectivity index (χ0) is 71.6. The molecule has 0 spiro atoms. The van der Waals surface area contributed by atoms with Gasteiger partial charge in [0, 0.05) is 65.7 Å². The Balaban J connectivity index is 1.25. The number of aliphatic hydroxyl groups is 1. The van der Waals surface area contributed by atoms with Crippen LogP contribution in [0.4, 0.5) is 5.69 Å². The smallest absolute Gasteiger partial charge is 0.305 e. The minimum Gasteiger partial charge on any atom is -0.481 e. The fourth-order valence-corrected chi connectivity index (χ4v) is 12.1. The number of H-pyrrole nitrogens is 1. The number of nitrogens with zero attached hydrogens (tertiary/aromatic N) is 6. The Morgan fingerprint density at radius 2 is 1.36 bits per heavy atom. The van der Waals surface area contributed by atoms with Gasteiger partial charge < -0.3 is 90.5 Å². The standard InChI is InChI=1S/C61H89N19O14S3/c1-31(2)19-39(50(63)86)73-51(87)34-11-13-36(14-12-34)79(17-18-95)48(83)26-69-53(89)44-28-97-59(77-44)43(27-81)76-56(92)45-29-96-58(78-45)41(21-33(5)6)74-54(90)38(9-7-15-67-61(64)65)72-57(93)46-10-8-16-80(46)60(94)42(22-35-24-66-30-70-35)75-55(91)40(20-32(3)4)71-47(82)25-68-52(88)37(62)23-49(84)85/h11-14,24,28-33,37-43,46,81,95H,7-10,15-23,25-27,62H2,1-6H3,(H2,63,86)(H,66,70)(H,68,88)(H,69,89)(H,71,82)(H,72,93)(H,73,87)(H,74,90)(H,75,91)(H,76,92)(H,84,85)(H4,64,65,67)/t37-,38-,39-,40-,41-,42-,43-,46-/m0/s1. The minimum atomic E-state index is -1.43. The van der Waals surface area contributed by atoms with E-state index in [2.05, 4.69) is 80.1 Å². The quantitative estimate of drug-likeness (QED) is 0.0110. The van der Waals surface area contributed by atoms with Crippen LogP contribution in [-0.2, 0) is 49.6 Å². The van der Waals surface area contributed by atoms with Crippen LogP contribution in [0.2, 0.25) is 0 Å². The lowest BCUT2D eigenvalue weighted by molar-refractivity contribution is -0.142. The second-order valence-electron chi connectivity index (χ2n) is 24.3. The fraction of sp³-hybridized carbons (Fsp3) is 0.541. The number of aliphatic hydroxyl groups excluding tert-OH is 1. The van der Waals surface area contributed by atoms with Crippen LogP contribution < -0.4 is 70.4 Å². The van der Waals surface area contributed by atoms with Crippen LogP contribution >= 0.6 is 35.3 Å². The summed E-state index contributed by atoms with van der Waals surface area (Å²) >= 11 is 6.32. The molecule has 4 aromatic rings. The van der Waals surface area contributed by atoms with Crippen molar-refractivity contribution >= 4 is 118 Å². The molecule has 1 aliphatic heterocycles.